The molecule has 7 heteroatoms. The predicted octanol–water partition coefficient (Wildman–Crippen LogP) is 4.97. The Labute approximate surface area is 123 Å². The van der Waals surface area contributed by atoms with Crippen LogP contribution < -0.4 is 0 Å². The van der Waals surface area contributed by atoms with Crippen molar-refractivity contribution in [2.75, 3.05) is 5.75 Å². The summed E-state index contributed by atoms with van der Waals surface area (Å²) >= 11 is 0.807. The van der Waals surface area contributed by atoms with Crippen molar-refractivity contribution >= 4 is 16.9 Å². The van der Waals surface area contributed by atoms with Gasteiger partial charge in [0.15, 0.2) is 0 Å². The summed E-state index contributed by atoms with van der Waals surface area (Å²) in [6, 6.07) is 8.23. The minimum absolute atomic E-state index is 0.0192. The summed E-state index contributed by atoms with van der Waals surface area (Å²) in [5.41, 5.74) is 0.428. The smallest absolute Gasteiger partial charge is 0.282 e. The zero-order valence-corrected chi connectivity index (χ0v) is 12.1. The average Bonchev–Trinajstić information content (AvgIpc) is 2.42. The summed E-state index contributed by atoms with van der Waals surface area (Å²) < 4.78 is 64.5. The van der Waals surface area contributed by atoms with Crippen molar-refractivity contribution in [2.45, 2.75) is 37.8 Å². The van der Waals surface area contributed by atoms with E-state index in [1.807, 2.05) is 0 Å². The second kappa shape index (κ2) is 7.24. The van der Waals surface area contributed by atoms with Gasteiger partial charge in [0.05, 0.1) is 0 Å². The average molecular weight is 326 g/mol. The number of hydrogen-bond acceptors (Lipinski definition) is 2. The van der Waals surface area contributed by atoms with Gasteiger partial charge in [-0.05, 0) is 6.42 Å². The van der Waals surface area contributed by atoms with Crippen LogP contribution in [0.15, 0.2) is 30.3 Å². The van der Waals surface area contributed by atoms with Crippen LogP contribution in [-0.2, 0) is 0 Å². The Kier molecular flexibility index (Phi) is 6.19. The lowest BCUT2D eigenvalue weighted by atomic mass is 10.0. The maximum absolute atomic E-state index is 13.2. The lowest BCUT2D eigenvalue weighted by Crippen LogP contribution is -2.42. The van der Waals surface area contributed by atoms with Crippen LogP contribution in [0.5, 0.6) is 0 Å². The molecule has 1 nitrogen and oxygen atoms in total. The van der Waals surface area contributed by atoms with E-state index in [9.17, 15) is 26.7 Å². The molecule has 1 aromatic carbocycles. The number of thioether (sulfide) groups is 1. The Balaban J connectivity index is 2.39. The van der Waals surface area contributed by atoms with E-state index in [1.165, 1.54) is 0 Å². The molecule has 0 radical (unpaired) electrons. The number of carbonyl (C=O) groups excluding carboxylic acids is 1. The fourth-order valence-corrected chi connectivity index (χ4v) is 2.40. The highest BCUT2D eigenvalue weighted by Crippen LogP contribution is 2.36. The molecule has 1 aromatic rings. The molecule has 0 aliphatic carbocycles. The van der Waals surface area contributed by atoms with Crippen molar-refractivity contribution in [3.05, 3.63) is 35.9 Å². The summed E-state index contributed by atoms with van der Waals surface area (Å²) in [7, 11) is 0. The van der Waals surface area contributed by atoms with E-state index < -0.39 is 24.4 Å². The van der Waals surface area contributed by atoms with Gasteiger partial charge in [0.25, 0.3) is 11.8 Å². The van der Waals surface area contributed by atoms with Gasteiger partial charge in [0.2, 0.25) is 11.3 Å². The summed E-state index contributed by atoms with van der Waals surface area (Å²) in [6.07, 6.45) is -4.76. The SMILES string of the molecule is CC(F)(F)C(F)C(F)(F)CCCSC(=O)c1ccccc1. The van der Waals surface area contributed by atoms with Crippen molar-refractivity contribution in [3.8, 4) is 0 Å². The Hall–Kier alpha value is -1.11. The third-order valence-corrected chi connectivity index (χ3v) is 3.70. The third kappa shape index (κ3) is 5.65. The Bertz CT molecular complexity index is 458. The standard InChI is InChI=1S/C14H15F5OS/c1-13(16,17)12(15)14(18,19)8-5-9-21-11(20)10-6-3-2-4-7-10/h2-4,6-7,12H,5,8-9H2,1H3. The summed E-state index contributed by atoms with van der Waals surface area (Å²) in [5, 5.41) is -0.295. The topological polar surface area (TPSA) is 17.1 Å². The number of halogens is 5. The van der Waals surface area contributed by atoms with E-state index in [1.54, 1.807) is 30.3 Å². The second-order valence-corrected chi connectivity index (χ2v) is 5.75. The Morgan fingerprint density at radius 2 is 1.76 bits per heavy atom. The van der Waals surface area contributed by atoms with Crippen LogP contribution in [0.25, 0.3) is 0 Å². The quantitative estimate of drug-likeness (QED) is 0.520. The molecule has 1 unspecified atom stereocenters. The first-order chi connectivity index (χ1) is 9.64. The van der Waals surface area contributed by atoms with Crippen LogP contribution in [-0.4, -0.2) is 28.9 Å². The molecule has 0 saturated heterocycles. The molecule has 1 rings (SSSR count). The van der Waals surface area contributed by atoms with Crippen LogP contribution in [0, 0.1) is 0 Å². The third-order valence-electron chi connectivity index (χ3n) is 2.71. The minimum Gasteiger partial charge on any atom is -0.282 e. The first-order valence-corrected chi connectivity index (χ1v) is 7.25. The highest BCUT2D eigenvalue weighted by Gasteiger charge is 2.52. The molecule has 0 fully saturated rings. The van der Waals surface area contributed by atoms with Gasteiger partial charge in [0.1, 0.15) is 0 Å². The summed E-state index contributed by atoms with van der Waals surface area (Å²) in [6.45, 7) is 0.124. The van der Waals surface area contributed by atoms with Gasteiger partial charge in [-0.2, -0.15) is 0 Å². The second-order valence-electron chi connectivity index (χ2n) is 4.69. The first-order valence-electron chi connectivity index (χ1n) is 6.26. The molecule has 0 aliphatic rings. The normalized spacial score (nSPS) is 14.0. The van der Waals surface area contributed by atoms with Crippen molar-refractivity contribution in [2.24, 2.45) is 0 Å². The molecule has 0 spiro atoms. The van der Waals surface area contributed by atoms with Crippen molar-refractivity contribution in [1.82, 2.24) is 0 Å². The molecule has 0 bridgehead atoms. The Morgan fingerprint density at radius 1 is 1.19 bits per heavy atom. The van der Waals surface area contributed by atoms with Crippen LogP contribution in [0.2, 0.25) is 0 Å². The molecule has 0 N–H and O–H groups in total. The summed E-state index contributed by atoms with van der Waals surface area (Å²) in [4.78, 5) is 11.6. The molecule has 118 valence electrons. The van der Waals surface area contributed by atoms with Crippen LogP contribution in [0.4, 0.5) is 22.0 Å². The van der Waals surface area contributed by atoms with Crippen molar-refractivity contribution in [3.63, 3.8) is 0 Å². The first kappa shape index (κ1) is 17.9. The highest BCUT2D eigenvalue weighted by atomic mass is 32.2. The monoisotopic (exact) mass is 326 g/mol. The zero-order chi connectivity index (χ0) is 16.1. The molecule has 0 aliphatic heterocycles. The number of rotatable bonds is 7. The fraction of sp³-hybridized carbons (Fsp3) is 0.500. The number of hydrogen-bond donors (Lipinski definition) is 0. The van der Waals surface area contributed by atoms with Gasteiger partial charge in [-0.1, -0.05) is 42.1 Å². The Morgan fingerprint density at radius 3 is 2.29 bits per heavy atom. The van der Waals surface area contributed by atoms with Gasteiger partial charge in [0, 0.05) is 24.7 Å². The molecule has 21 heavy (non-hydrogen) atoms. The van der Waals surface area contributed by atoms with Crippen molar-refractivity contribution < 1.29 is 26.7 Å². The maximum Gasteiger partial charge on any atom is 0.284 e. The fourth-order valence-electron chi connectivity index (χ4n) is 1.63. The number of carbonyl (C=O) groups is 1. The molecule has 0 amide bonds. The van der Waals surface area contributed by atoms with E-state index in [-0.39, 0.29) is 24.2 Å². The van der Waals surface area contributed by atoms with Gasteiger partial charge in [-0.3, -0.25) is 4.79 Å². The molecule has 0 aromatic heterocycles. The van der Waals surface area contributed by atoms with Crippen LogP contribution in [0.1, 0.15) is 30.1 Å². The number of benzene rings is 1. The minimum atomic E-state index is -4.10. The lowest BCUT2D eigenvalue weighted by Gasteiger charge is -2.24. The van der Waals surface area contributed by atoms with Crippen LogP contribution in [0.3, 0.4) is 0 Å². The maximum atomic E-state index is 13.2. The molecule has 1 atom stereocenters. The van der Waals surface area contributed by atoms with E-state index in [0.29, 0.717) is 5.56 Å². The van der Waals surface area contributed by atoms with E-state index in [0.717, 1.165) is 11.8 Å². The van der Waals surface area contributed by atoms with Gasteiger partial charge >= 0.3 is 0 Å². The van der Waals surface area contributed by atoms with Crippen LogP contribution >= 0.6 is 11.8 Å². The molecular weight excluding hydrogens is 311 g/mol. The summed E-state index contributed by atoms with van der Waals surface area (Å²) in [5.74, 6) is -8.17. The van der Waals surface area contributed by atoms with E-state index in [2.05, 4.69) is 0 Å². The molecular formula is C14H15F5OS. The molecule has 0 saturated carbocycles. The van der Waals surface area contributed by atoms with Gasteiger partial charge < -0.3 is 0 Å². The van der Waals surface area contributed by atoms with E-state index in [4.69, 9.17) is 0 Å². The zero-order valence-electron chi connectivity index (χ0n) is 11.3. The highest BCUT2D eigenvalue weighted by molar-refractivity contribution is 8.14. The van der Waals surface area contributed by atoms with Gasteiger partial charge in [-0.15, -0.1) is 0 Å². The predicted molar refractivity (Wildman–Crippen MR) is 72.9 cm³/mol. The van der Waals surface area contributed by atoms with Crippen molar-refractivity contribution in [1.29, 1.82) is 0 Å². The molecule has 0 heterocycles. The lowest BCUT2D eigenvalue weighted by molar-refractivity contribution is -0.174. The largest absolute Gasteiger partial charge is 0.284 e. The van der Waals surface area contributed by atoms with Gasteiger partial charge in [-0.25, -0.2) is 22.0 Å². The number of alkyl halides is 5. The van der Waals surface area contributed by atoms with E-state index >= 15 is 0 Å².